The van der Waals surface area contributed by atoms with E-state index in [1.54, 1.807) is 26.6 Å². The van der Waals surface area contributed by atoms with Gasteiger partial charge in [-0.05, 0) is 23.5 Å². The van der Waals surface area contributed by atoms with Crippen molar-refractivity contribution in [1.82, 2.24) is 9.97 Å². The molecular weight excluding hydrogens is 619 g/mol. The third-order valence-electron chi connectivity index (χ3n) is 5.09. The zero-order valence-electron chi connectivity index (χ0n) is 20.8. The molecule has 0 atom stereocenters. The number of nitrogens with zero attached hydrogens (tertiary/aromatic N) is 4. The Kier molecular flexibility index (Phi) is 10.7. The molecule has 0 amide bonds. The van der Waals surface area contributed by atoms with E-state index in [9.17, 15) is 0 Å². The normalized spacial score (nSPS) is 9.77. The fraction of sp³-hybridized carbons (Fsp3) is 0.214. The zero-order chi connectivity index (χ0) is 24.5. The quantitative estimate of drug-likeness (QED) is 0.267. The summed E-state index contributed by atoms with van der Waals surface area (Å²) < 4.78 is 10.4. The van der Waals surface area contributed by atoms with Gasteiger partial charge in [-0.15, -0.1) is 59.7 Å². The van der Waals surface area contributed by atoms with Gasteiger partial charge in [0.25, 0.3) is 0 Å². The molecule has 0 aliphatic rings. The smallest absolute Gasteiger partial charge is 0.516 e. The van der Waals surface area contributed by atoms with E-state index in [0.29, 0.717) is 0 Å². The molecule has 2 aromatic heterocycles. The van der Waals surface area contributed by atoms with E-state index in [1.165, 1.54) is 0 Å². The summed E-state index contributed by atoms with van der Waals surface area (Å²) in [5.74, 6) is 1.63. The number of aromatic nitrogens is 2. The summed E-state index contributed by atoms with van der Waals surface area (Å²) in [7, 11) is 11.3. The first kappa shape index (κ1) is 27.9. The first-order valence-corrected chi connectivity index (χ1v) is 10.8. The van der Waals surface area contributed by atoms with Crippen molar-refractivity contribution < 1.29 is 30.5 Å². The second-order valence-electron chi connectivity index (χ2n) is 7.87. The van der Waals surface area contributed by atoms with Gasteiger partial charge in [0.2, 0.25) is 0 Å². The van der Waals surface area contributed by atoms with Gasteiger partial charge in [0.1, 0.15) is 0 Å². The van der Waals surface area contributed by atoms with Crippen LogP contribution < -0.4 is 19.3 Å². The Morgan fingerprint density at radius 3 is 1.37 bits per heavy atom. The number of anilines is 2. The molecule has 35 heavy (non-hydrogen) atoms. The van der Waals surface area contributed by atoms with Crippen molar-refractivity contribution in [3.8, 4) is 34.0 Å². The maximum atomic E-state index is 5.20. The van der Waals surface area contributed by atoms with Crippen LogP contribution in [0.1, 0.15) is 0 Å². The van der Waals surface area contributed by atoms with Crippen molar-refractivity contribution in [1.29, 1.82) is 0 Å². The minimum absolute atomic E-state index is 0. The van der Waals surface area contributed by atoms with E-state index >= 15 is 0 Å². The number of hydrogen-bond acceptors (Lipinski definition) is 6. The van der Waals surface area contributed by atoms with Crippen molar-refractivity contribution in [2.45, 2.75) is 0 Å². The average molecular weight is 650 g/mol. The Hall–Kier alpha value is -3.37. The molecule has 0 N–H and O–H groups in total. The van der Waals surface area contributed by atoms with E-state index < -0.39 is 0 Å². The molecule has 0 radical (unpaired) electrons. The summed E-state index contributed by atoms with van der Waals surface area (Å²) in [6, 6.07) is 25.7. The van der Waals surface area contributed by atoms with Crippen LogP contribution in [-0.2, 0) is 21.1 Å². The maximum absolute atomic E-state index is 5.20. The van der Waals surface area contributed by atoms with Gasteiger partial charge in [0.15, 0.2) is 0 Å². The van der Waals surface area contributed by atoms with Crippen LogP contribution in [0.15, 0.2) is 73.1 Å². The zero-order valence-corrected chi connectivity index (χ0v) is 23.1. The van der Waals surface area contributed by atoms with Crippen LogP contribution in [0.3, 0.4) is 0 Å². The SMILES string of the molecule is COc1cc[c-]c(-c2cc(N(C)C)ccn2)c1.COc1cc[c-]c(-c2cc(N(C)C)ccn2)c1.[Pt+2]. The third-order valence-corrected chi connectivity index (χ3v) is 5.09. The van der Waals surface area contributed by atoms with E-state index in [1.807, 2.05) is 98.7 Å². The van der Waals surface area contributed by atoms with Gasteiger partial charge >= 0.3 is 21.1 Å². The molecule has 2 aromatic carbocycles. The maximum Gasteiger partial charge on any atom is 2.00 e. The Morgan fingerprint density at radius 1 is 0.629 bits per heavy atom. The third kappa shape index (κ3) is 7.83. The molecule has 4 aromatic rings. The van der Waals surface area contributed by atoms with Crippen LogP contribution >= 0.6 is 0 Å². The molecule has 0 bridgehead atoms. The second kappa shape index (κ2) is 13.5. The van der Waals surface area contributed by atoms with Crippen molar-refractivity contribution >= 4 is 11.4 Å². The Morgan fingerprint density at radius 2 is 1.03 bits per heavy atom. The fourth-order valence-corrected chi connectivity index (χ4v) is 3.13. The predicted molar refractivity (Wildman–Crippen MR) is 139 cm³/mol. The molecule has 0 unspecified atom stereocenters. The van der Waals surface area contributed by atoms with Gasteiger partial charge in [-0.3, -0.25) is 0 Å². The molecule has 6 nitrogen and oxygen atoms in total. The summed E-state index contributed by atoms with van der Waals surface area (Å²) in [5, 5.41) is 0. The molecular formula is C28H30N4O2Pt. The van der Waals surface area contributed by atoms with Crippen LogP contribution in [0, 0.1) is 12.1 Å². The predicted octanol–water partition coefficient (Wildman–Crippen LogP) is 5.24. The van der Waals surface area contributed by atoms with Crippen LogP contribution in [0.4, 0.5) is 11.4 Å². The van der Waals surface area contributed by atoms with Gasteiger partial charge in [0.05, 0.1) is 14.2 Å². The van der Waals surface area contributed by atoms with E-state index in [0.717, 1.165) is 45.4 Å². The minimum Gasteiger partial charge on any atom is -0.516 e. The monoisotopic (exact) mass is 649 g/mol. The molecule has 0 saturated heterocycles. The number of benzene rings is 2. The van der Waals surface area contributed by atoms with Gasteiger partial charge in [-0.25, -0.2) is 0 Å². The topological polar surface area (TPSA) is 50.7 Å². The standard InChI is InChI=1S/2C14H15N2O.Pt/c2*1-16(2)12-7-8-15-14(10-12)11-5-4-6-13(9-11)17-3;/h2*4,6-10H,1-3H3;/q2*-1;+2. The number of hydrogen-bond donors (Lipinski definition) is 0. The van der Waals surface area contributed by atoms with Crippen molar-refractivity contribution in [2.75, 3.05) is 52.2 Å². The average Bonchev–Trinajstić information content (AvgIpc) is 2.89. The summed E-state index contributed by atoms with van der Waals surface area (Å²) >= 11 is 0. The van der Waals surface area contributed by atoms with E-state index in [4.69, 9.17) is 9.47 Å². The molecule has 0 fully saturated rings. The first-order chi connectivity index (χ1) is 16.4. The molecule has 4 rings (SSSR count). The van der Waals surface area contributed by atoms with Gasteiger partial charge in [0, 0.05) is 63.5 Å². The molecule has 7 heteroatoms. The summed E-state index contributed by atoms with van der Waals surface area (Å²) in [6.07, 6.45) is 3.61. The Labute approximate surface area is 222 Å². The summed E-state index contributed by atoms with van der Waals surface area (Å²) in [5.41, 5.74) is 5.91. The Balaban J connectivity index is 0.000000240. The summed E-state index contributed by atoms with van der Waals surface area (Å²) in [6.45, 7) is 0. The van der Waals surface area contributed by atoms with Gasteiger partial charge < -0.3 is 29.2 Å². The fourth-order valence-electron chi connectivity index (χ4n) is 3.13. The number of rotatable bonds is 6. The molecule has 2 heterocycles. The summed E-state index contributed by atoms with van der Waals surface area (Å²) in [4.78, 5) is 12.8. The van der Waals surface area contributed by atoms with E-state index in [2.05, 4.69) is 22.1 Å². The van der Waals surface area contributed by atoms with E-state index in [-0.39, 0.29) is 21.1 Å². The van der Waals surface area contributed by atoms with Crippen LogP contribution in [0.25, 0.3) is 22.5 Å². The van der Waals surface area contributed by atoms with Crippen molar-refractivity contribution in [2.24, 2.45) is 0 Å². The van der Waals surface area contributed by atoms with Gasteiger partial charge in [-0.1, -0.05) is 12.1 Å². The van der Waals surface area contributed by atoms with Crippen molar-refractivity contribution in [3.05, 3.63) is 85.2 Å². The Bertz CT molecular complexity index is 1120. The number of methoxy groups -OCH3 is 2. The molecule has 0 aliphatic carbocycles. The minimum atomic E-state index is 0. The molecule has 0 aliphatic heterocycles. The second-order valence-corrected chi connectivity index (χ2v) is 7.87. The number of pyridine rings is 2. The molecule has 184 valence electrons. The van der Waals surface area contributed by atoms with Crippen LogP contribution in [0.5, 0.6) is 11.5 Å². The largest absolute Gasteiger partial charge is 2.00 e. The molecule has 0 spiro atoms. The van der Waals surface area contributed by atoms with Gasteiger partial charge in [-0.2, -0.15) is 0 Å². The first-order valence-electron chi connectivity index (χ1n) is 10.8. The molecule has 0 saturated carbocycles. The van der Waals surface area contributed by atoms with Crippen molar-refractivity contribution in [3.63, 3.8) is 0 Å². The number of ether oxygens (including phenoxy) is 2. The van der Waals surface area contributed by atoms with Crippen LogP contribution in [0.2, 0.25) is 0 Å². The van der Waals surface area contributed by atoms with Crippen LogP contribution in [-0.4, -0.2) is 52.4 Å².